The first-order valence-electron chi connectivity index (χ1n) is 8.41. The van der Waals surface area contributed by atoms with Crippen LogP contribution in [0.4, 0.5) is 0 Å². The van der Waals surface area contributed by atoms with Crippen molar-refractivity contribution in [2.75, 3.05) is 13.7 Å². The molecule has 0 aliphatic carbocycles. The molecule has 1 aromatic heterocycles. The van der Waals surface area contributed by atoms with Crippen LogP contribution in [0.15, 0.2) is 30.5 Å². The zero-order valence-corrected chi connectivity index (χ0v) is 15.4. The molecular weight excluding hydrogens is 336 g/mol. The third-order valence-electron chi connectivity index (χ3n) is 3.98. The van der Waals surface area contributed by atoms with E-state index < -0.39 is 30.5 Å². The lowest BCUT2D eigenvalue weighted by atomic mass is 10.0. The number of nitrogens with one attached hydrogen (secondary N) is 1. The Bertz CT molecular complexity index is 809. The van der Waals surface area contributed by atoms with Crippen LogP contribution in [-0.2, 0) is 26.1 Å². The van der Waals surface area contributed by atoms with E-state index in [0.29, 0.717) is 12.0 Å². The molecule has 7 heteroatoms. The van der Waals surface area contributed by atoms with Crippen LogP contribution in [0.3, 0.4) is 0 Å². The van der Waals surface area contributed by atoms with Gasteiger partial charge < -0.3 is 19.4 Å². The lowest BCUT2D eigenvalue weighted by Crippen LogP contribution is -2.44. The Morgan fingerprint density at radius 2 is 1.88 bits per heavy atom. The molecule has 0 aliphatic heterocycles. The molecule has 0 fully saturated rings. The molecule has 26 heavy (non-hydrogen) atoms. The van der Waals surface area contributed by atoms with Gasteiger partial charge in [-0.1, -0.05) is 32.0 Å². The number of esters is 2. The number of methoxy groups -OCH3 is 1. The number of hydrogen-bond acceptors (Lipinski definition) is 5. The molecule has 7 nitrogen and oxygen atoms in total. The van der Waals surface area contributed by atoms with Crippen molar-refractivity contribution in [3.05, 3.63) is 36.0 Å². The Kier molecular flexibility index (Phi) is 6.38. The summed E-state index contributed by atoms with van der Waals surface area (Å²) in [5.41, 5.74) is 1.29. The number of benzene rings is 1. The van der Waals surface area contributed by atoms with Crippen molar-refractivity contribution in [2.45, 2.75) is 26.3 Å². The summed E-state index contributed by atoms with van der Waals surface area (Å²) in [5.74, 6) is -1.46. The van der Waals surface area contributed by atoms with Crippen molar-refractivity contribution < 1.29 is 23.9 Å². The molecule has 1 aromatic carbocycles. The summed E-state index contributed by atoms with van der Waals surface area (Å²) >= 11 is 0. The van der Waals surface area contributed by atoms with Crippen LogP contribution < -0.4 is 5.32 Å². The lowest BCUT2D eigenvalue weighted by molar-refractivity contribution is -0.145. The number of carbonyl (C=O) groups is 3. The SMILES string of the molecule is COC(=O)C(CC(C)C)NC(=O)COC(=O)c1cn(C)c2ccccc12. The second-order valence-corrected chi connectivity index (χ2v) is 6.52. The van der Waals surface area contributed by atoms with Gasteiger partial charge in [-0.3, -0.25) is 4.79 Å². The van der Waals surface area contributed by atoms with Gasteiger partial charge in [-0.25, -0.2) is 9.59 Å². The summed E-state index contributed by atoms with van der Waals surface area (Å²) in [4.78, 5) is 36.1. The number of aromatic nitrogens is 1. The standard InChI is InChI=1S/C19H24N2O5/c1-12(2)9-15(19(24)25-4)20-17(22)11-26-18(23)14-10-21(3)16-8-6-5-7-13(14)16/h5-8,10,12,15H,9,11H2,1-4H3,(H,20,22). The fourth-order valence-corrected chi connectivity index (χ4v) is 2.78. The molecule has 0 saturated heterocycles. The highest BCUT2D eigenvalue weighted by Crippen LogP contribution is 2.20. The van der Waals surface area contributed by atoms with Crippen molar-refractivity contribution in [3.8, 4) is 0 Å². The van der Waals surface area contributed by atoms with E-state index in [2.05, 4.69) is 5.32 Å². The summed E-state index contributed by atoms with van der Waals surface area (Å²) in [6.07, 6.45) is 2.11. The van der Waals surface area contributed by atoms with E-state index in [1.54, 1.807) is 6.20 Å². The van der Waals surface area contributed by atoms with E-state index >= 15 is 0 Å². The van der Waals surface area contributed by atoms with Gasteiger partial charge in [0.15, 0.2) is 6.61 Å². The highest BCUT2D eigenvalue weighted by molar-refractivity contribution is 6.04. The fourth-order valence-electron chi connectivity index (χ4n) is 2.78. The summed E-state index contributed by atoms with van der Waals surface area (Å²) < 4.78 is 11.6. The molecule has 1 unspecified atom stereocenters. The third-order valence-corrected chi connectivity index (χ3v) is 3.98. The average molecular weight is 360 g/mol. The predicted octanol–water partition coefficient (Wildman–Crippen LogP) is 2.04. The normalized spacial score (nSPS) is 12.0. The molecule has 0 aliphatic rings. The Morgan fingerprint density at radius 3 is 2.54 bits per heavy atom. The van der Waals surface area contributed by atoms with Gasteiger partial charge in [-0.15, -0.1) is 0 Å². The minimum absolute atomic E-state index is 0.192. The maximum atomic E-state index is 12.3. The van der Waals surface area contributed by atoms with Gasteiger partial charge in [0, 0.05) is 24.1 Å². The van der Waals surface area contributed by atoms with E-state index in [1.807, 2.05) is 49.7 Å². The molecule has 0 saturated carbocycles. The fraction of sp³-hybridized carbons (Fsp3) is 0.421. The molecule has 140 valence electrons. The van der Waals surface area contributed by atoms with Crippen LogP contribution in [0.1, 0.15) is 30.6 Å². The predicted molar refractivity (Wildman–Crippen MR) is 96.6 cm³/mol. The minimum Gasteiger partial charge on any atom is -0.467 e. The molecule has 2 rings (SSSR count). The van der Waals surface area contributed by atoms with E-state index in [1.165, 1.54) is 7.11 Å². The quantitative estimate of drug-likeness (QED) is 0.764. The number of nitrogens with zero attached hydrogens (tertiary/aromatic N) is 1. The van der Waals surface area contributed by atoms with Crippen LogP contribution in [0.5, 0.6) is 0 Å². The maximum Gasteiger partial charge on any atom is 0.340 e. The number of amides is 1. The van der Waals surface area contributed by atoms with Gasteiger partial charge in [0.25, 0.3) is 5.91 Å². The number of para-hydroxylation sites is 1. The first-order chi connectivity index (χ1) is 12.3. The second kappa shape index (κ2) is 8.51. The Hall–Kier alpha value is -2.83. The van der Waals surface area contributed by atoms with Crippen LogP contribution in [-0.4, -0.2) is 42.2 Å². The number of hydrogen-bond donors (Lipinski definition) is 1. The first kappa shape index (κ1) is 19.5. The van der Waals surface area contributed by atoms with Crippen LogP contribution in [0.25, 0.3) is 10.9 Å². The van der Waals surface area contributed by atoms with Crippen molar-refractivity contribution in [2.24, 2.45) is 13.0 Å². The molecule has 0 spiro atoms. The molecule has 0 radical (unpaired) electrons. The van der Waals surface area contributed by atoms with Crippen molar-refractivity contribution >= 4 is 28.7 Å². The zero-order valence-electron chi connectivity index (χ0n) is 15.4. The van der Waals surface area contributed by atoms with Crippen LogP contribution >= 0.6 is 0 Å². The highest BCUT2D eigenvalue weighted by Gasteiger charge is 2.23. The Morgan fingerprint density at radius 1 is 1.19 bits per heavy atom. The molecular formula is C19H24N2O5. The van der Waals surface area contributed by atoms with Crippen molar-refractivity contribution in [3.63, 3.8) is 0 Å². The minimum atomic E-state index is -0.760. The van der Waals surface area contributed by atoms with Crippen molar-refractivity contribution in [1.29, 1.82) is 0 Å². The largest absolute Gasteiger partial charge is 0.467 e. The van der Waals surface area contributed by atoms with Gasteiger partial charge in [0.2, 0.25) is 0 Å². The summed E-state index contributed by atoms with van der Waals surface area (Å²) in [5, 5.41) is 3.31. The van der Waals surface area contributed by atoms with E-state index in [0.717, 1.165) is 10.9 Å². The molecule has 2 aromatic rings. The Balaban J connectivity index is 1.99. The summed E-state index contributed by atoms with van der Waals surface area (Å²) in [7, 11) is 3.10. The lowest BCUT2D eigenvalue weighted by Gasteiger charge is -2.18. The van der Waals surface area contributed by atoms with Gasteiger partial charge in [-0.05, 0) is 18.4 Å². The zero-order chi connectivity index (χ0) is 19.3. The van der Waals surface area contributed by atoms with Gasteiger partial charge in [0.1, 0.15) is 6.04 Å². The van der Waals surface area contributed by atoms with Crippen LogP contribution in [0, 0.1) is 5.92 Å². The molecule has 1 heterocycles. The van der Waals surface area contributed by atoms with Crippen LogP contribution in [0.2, 0.25) is 0 Å². The number of carbonyl (C=O) groups excluding carboxylic acids is 3. The van der Waals surface area contributed by atoms with E-state index in [9.17, 15) is 14.4 Å². The van der Waals surface area contributed by atoms with E-state index in [-0.39, 0.29) is 5.92 Å². The number of aryl methyl sites for hydroxylation is 1. The number of rotatable bonds is 7. The van der Waals surface area contributed by atoms with Gasteiger partial charge in [-0.2, -0.15) is 0 Å². The average Bonchev–Trinajstić information content (AvgIpc) is 2.95. The molecule has 1 N–H and O–H groups in total. The third kappa shape index (κ3) is 4.62. The van der Waals surface area contributed by atoms with Gasteiger partial charge in [0.05, 0.1) is 12.7 Å². The number of ether oxygens (including phenoxy) is 2. The van der Waals surface area contributed by atoms with Crippen molar-refractivity contribution in [1.82, 2.24) is 9.88 Å². The second-order valence-electron chi connectivity index (χ2n) is 6.52. The number of fused-ring (bicyclic) bond motifs is 1. The summed E-state index contributed by atoms with van der Waals surface area (Å²) in [6, 6.07) is 6.67. The monoisotopic (exact) mass is 360 g/mol. The smallest absolute Gasteiger partial charge is 0.340 e. The first-order valence-corrected chi connectivity index (χ1v) is 8.41. The molecule has 1 amide bonds. The van der Waals surface area contributed by atoms with E-state index in [4.69, 9.17) is 9.47 Å². The summed E-state index contributed by atoms with van der Waals surface area (Å²) in [6.45, 7) is 3.40. The highest BCUT2D eigenvalue weighted by atomic mass is 16.5. The maximum absolute atomic E-state index is 12.3. The molecule has 0 bridgehead atoms. The van der Waals surface area contributed by atoms with Gasteiger partial charge >= 0.3 is 11.9 Å². The Labute approximate surface area is 152 Å². The molecule has 1 atom stereocenters. The topological polar surface area (TPSA) is 86.6 Å².